The van der Waals surface area contributed by atoms with Crippen LogP contribution in [0, 0.1) is 6.92 Å². The first-order valence-corrected chi connectivity index (χ1v) is 6.29. The highest BCUT2D eigenvalue weighted by Crippen LogP contribution is 2.33. The Morgan fingerprint density at radius 1 is 1.38 bits per heavy atom. The summed E-state index contributed by atoms with van der Waals surface area (Å²) in [5.74, 6) is 0.327. The van der Waals surface area contributed by atoms with Gasteiger partial charge in [0.2, 0.25) is 0 Å². The van der Waals surface area contributed by atoms with Crippen LogP contribution in [0.3, 0.4) is 0 Å². The molecule has 1 fully saturated rings. The lowest BCUT2D eigenvalue weighted by molar-refractivity contribution is -0.120. The van der Waals surface area contributed by atoms with Crippen molar-refractivity contribution in [1.29, 1.82) is 0 Å². The molecule has 1 aliphatic rings. The predicted octanol–water partition coefficient (Wildman–Crippen LogP) is 3.32. The van der Waals surface area contributed by atoms with Gasteiger partial charge in [0.1, 0.15) is 0 Å². The van der Waals surface area contributed by atoms with Crippen LogP contribution >= 0.6 is 15.9 Å². The highest BCUT2D eigenvalue weighted by atomic mass is 79.9. The zero-order chi connectivity index (χ0) is 11.9. The maximum absolute atomic E-state index is 11.8. The van der Waals surface area contributed by atoms with E-state index in [0.717, 1.165) is 16.7 Å². The van der Waals surface area contributed by atoms with Gasteiger partial charge >= 0.3 is 0 Å². The van der Waals surface area contributed by atoms with Crippen molar-refractivity contribution in [3.63, 3.8) is 0 Å². The molecule has 0 unspecified atom stereocenters. The lowest BCUT2D eigenvalue weighted by Crippen LogP contribution is -2.42. The number of carbonyl (C=O) groups excluding carboxylic acids is 1. The van der Waals surface area contributed by atoms with Crippen molar-refractivity contribution in [2.45, 2.75) is 32.7 Å². The minimum Gasteiger partial charge on any atom is -0.359 e. The summed E-state index contributed by atoms with van der Waals surface area (Å²) in [6.45, 7) is 6.89. The fourth-order valence-electron chi connectivity index (χ4n) is 2.20. The summed E-state index contributed by atoms with van der Waals surface area (Å²) < 4.78 is 1.11. The monoisotopic (exact) mass is 281 g/mol. The fourth-order valence-corrected chi connectivity index (χ4v) is 2.44. The maximum atomic E-state index is 11.8. The van der Waals surface area contributed by atoms with Crippen molar-refractivity contribution in [2.75, 3.05) is 11.4 Å². The van der Waals surface area contributed by atoms with Crippen molar-refractivity contribution in [3.05, 3.63) is 28.2 Å². The Labute approximate surface area is 105 Å². The van der Waals surface area contributed by atoms with Crippen molar-refractivity contribution in [2.24, 2.45) is 0 Å². The number of halogens is 1. The van der Waals surface area contributed by atoms with Gasteiger partial charge in [-0.2, -0.15) is 0 Å². The van der Waals surface area contributed by atoms with Gasteiger partial charge in [0, 0.05) is 23.1 Å². The van der Waals surface area contributed by atoms with E-state index in [-0.39, 0.29) is 5.54 Å². The van der Waals surface area contributed by atoms with E-state index in [2.05, 4.69) is 39.9 Å². The molecule has 2 nitrogen and oxygen atoms in total. The Morgan fingerprint density at radius 3 is 2.56 bits per heavy atom. The molecule has 1 aromatic rings. The minimum absolute atomic E-state index is 0.327. The first-order valence-electron chi connectivity index (χ1n) is 5.50. The Bertz CT molecular complexity index is 440. The van der Waals surface area contributed by atoms with Gasteiger partial charge in [-0.15, -0.1) is 0 Å². The molecule has 1 saturated heterocycles. The second-order valence-electron chi connectivity index (χ2n) is 4.82. The molecule has 0 amide bonds. The largest absolute Gasteiger partial charge is 0.359 e. The van der Waals surface area contributed by atoms with E-state index in [1.54, 1.807) is 0 Å². The van der Waals surface area contributed by atoms with Crippen LogP contribution in [0.2, 0.25) is 0 Å². The SMILES string of the molecule is Cc1cc(N2CCC(=O)C2(C)C)ccc1Br. The minimum atomic E-state index is -0.361. The Kier molecular flexibility index (Phi) is 2.82. The molecular weight excluding hydrogens is 266 g/mol. The van der Waals surface area contributed by atoms with Crippen molar-refractivity contribution >= 4 is 27.4 Å². The highest BCUT2D eigenvalue weighted by Gasteiger charge is 2.39. The van der Waals surface area contributed by atoms with Crippen molar-refractivity contribution in [1.82, 2.24) is 0 Å². The number of aryl methyl sites for hydroxylation is 1. The zero-order valence-electron chi connectivity index (χ0n) is 9.88. The van der Waals surface area contributed by atoms with Crippen LogP contribution in [-0.2, 0) is 4.79 Å². The standard InChI is InChI=1S/C13H16BrNO/c1-9-8-10(4-5-11(9)14)15-7-6-12(16)13(15,2)3/h4-5,8H,6-7H2,1-3H3. The van der Waals surface area contributed by atoms with Gasteiger partial charge in [0.25, 0.3) is 0 Å². The lowest BCUT2D eigenvalue weighted by Gasteiger charge is -2.32. The molecule has 1 aliphatic heterocycles. The van der Waals surface area contributed by atoms with Crippen LogP contribution in [0.15, 0.2) is 22.7 Å². The summed E-state index contributed by atoms with van der Waals surface area (Å²) in [5.41, 5.74) is 1.98. The zero-order valence-corrected chi connectivity index (χ0v) is 11.5. The summed E-state index contributed by atoms with van der Waals surface area (Å²) in [7, 11) is 0. The Hall–Kier alpha value is -0.830. The van der Waals surface area contributed by atoms with Gasteiger partial charge in [0.05, 0.1) is 5.54 Å². The molecule has 0 saturated carbocycles. The van der Waals surface area contributed by atoms with Crippen LogP contribution < -0.4 is 4.90 Å². The van der Waals surface area contributed by atoms with E-state index in [1.807, 2.05) is 19.9 Å². The summed E-state index contributed by atoms with van der Waals surface area (Å²) >= 11 is 3.49. The Balaban J connectivity index is 2.38. The molecule has 0 aliphatic carbocycles. The molecule has 0 atom stereocenters. The highest BCUT2D eigenvalue weighted by molar-refractivity contribution is 9.10. The third-order valence-electron chi connectivity index (χ3n) is 3.37. The molecule has 0 bridgehead atoms. The topological polar surface area (TPSA) is 20.3 Å². The smallest absolute Gasteiger partial charge is 0.159 e. The molecule has 0 N–H and O–H groups in total. The average molecular weight is 282 g/mol. The van der Waals surface area contributed by atoms with Crippen LogP contribution in [0.25, 0.3) is 0 Å². The number of Topliss-reactive ketones (excluding diaryl/α,β-unsaturated/α-hetero) is 1. The third-order valence-corrected chi connectivity index (χ3v) is 4.26. The first kappa shape index (κ1) is 11.6. The molecule has 16 heavy (non-hydrogen) atoms. The summed E-state index contributed by atoms with van der Waals surface area (Å²) in [5, 5.41) is 0. The molecular formula is C13H16BrNO. The van der Waals surface area contributed by atoms with E-state index in [1.165, 1.54) is 5.56 Å². The number of nitrogens with zero attached hydrogens (tertiary/aromatic N) is 1. The average Bonchev–Trinajstić information content (AvgIpc) is 2.47. The number of ketones is 1. The number of carbonyl (C=O) groups is 1. The Morgan fingerprint density at radius 2 is 2.06 bits per heavy atom. The molecule has 2 rings (SSSR count). The van der Waals surface area contributed by atoms with Crippen LogP contribution in [-0.4, -0.2) is 17.9 Å². The van der Waals surface area contributed by atoms with Gasteiger partial charge in [-0.1, -0.05) is 15.9 Å². The maximum Gasteiger partial charge on any atom is 0.159 e. The number of rotatable bonds is 1. The van der Waals surface area contributed by atoms with Crippen molar-refractivity contribution < 1.29 is 4.79 Å². The third kappa shape index (κ3) is 1.77. The lowest BCUT2D eigenvalue weighted by atomic mass is 10.00. The molecule has 1 heterocycles. The second kappa shape index (κ2) is 3.88. The van der Waals surface area contributed by atoms with Crippen molar-refractivity contribution in [3.8, 4) is 0 Å². The summed E-state index contributed by atoms with van der Waals surface area (Å²) in [6.07, 6.45) is 0.655. The van der Waals surface area contributed by atoms with Gasteiger partial charge < -0.3 is 4.90 Å². The predicted molar refractivity (Wildman–Crippen MR) is 69.9 cm³/mol. The van der Waals surface area contributed by atoms with E-state index in [0.29, 0.717) is 12.2 Å². The van der Waals surface area contributed by atoms with E-state index in [4.69, 9.17) is 0 Å². The normalized spacial score (nSPS) is 19.2. The number of anilines is 1. The number of hydrogen-bond acceptors (Lipinski definition) is 2. The quantitative estimate of drug-likeness (QED) is 0.787. The van der Waals surface area contributed by atoms with Gasteiger partial charge in [-0.25, -0.2) is 0 Å². The van der Waals surface area contributed by atoms with Gasteiger partial charge in [0.15, 0.2) is 5.78 Å². The summed E-state index contributed by atoms with van der Waals surface area (Å²) in [4.78, 5) is 14.0. The van der Waals surface area contributed by atoms with Crippen LogP contribution in [0.5, 0.6) is 0 Å². The molecule has 0 radical (unpaired) electrons. The molecule has 0 aromatic heterocycles. The molecule has 86 valence electrons. The van der Waals surface area contributed by atoms with Crippen LogP contribution in [0.4, 0.5) is 5.69 Å². The molecule has 0 spiro atoms. The fraction of sp³-hybridized carbons (Fsp3) is 0.462. The number of hydrogen-bond donors (Lipinski definition) is 0. The van der Waals surface area contributed by atoms with Gasteiger partial charge in [-0.3, -0.25) is 4.79 Å². The van der Waals surface area contributed by atoms with Gasteiger partial charge in [-0.05, 0) is 44.5 Å². The summed E-state index contributed by atoms with van der Waals surface area (Å²) in [6, 6.07) is 6.24. The van der Waals surface area contributed by atoms with Crippen LogP contribution in [0.1, 0.15) is 25.8 Å². The molecule has 3 heteroatoms. The van der Waals surface area contributed by atoms with E-state index < -0.39 is 0 Å². The van der Waals surface area contributed by atoms with E-state index in [9.17, 15) is 4.79 Å². The first-order chi connectivity index (χ1) is 7.43. The van der Waals surface area contributed by atoms with E-state index >= 15 is 0 Å². The molecule has 1 aromatic carbocycles. The second-order valence-corrected chi connectivity index (χ2v) is 5.67. The number of benzene rings is 1.